The van der Waals surface area contributed by atoms with Gasteiger partial charge in [0.25, 0.3) is 5.91 Å². The molecule has 1 saturated heterocycles. The highest BCUT2D eigenvalue weighted by Gasteiger charge is 2.36. The highest BCUT2D eigenvalue weighted by molar-refractivity contribution is 6.34. The summed E-state index contributed by atoms with van der Waals surface area (Å²) < 4.78 is 0. The molecule has 0 radical (unpaired) electrons. The molecule has 2 rings (SSSR count). The van der Waals surface area contributed by atoms with Gasteiger partial charge in [0, 0.05) is 0 Å². The molecule has 1 N–H and O–H groups in total. The van der Waals surface area contributed by atoms with Crippen molar-refractivity contribution in [3.05, 3.63) is 34.9 Å². The molecule has 1 unspecified atom stereocenters. The maximum atomic E-state index is 12.4. The number of hydrogen-bond acceptors (Lipinski definition) is 3. The lowest BCUT2D eigenvalue weighted by Crippen LogP contribution is -2.59. The summed E-state index contributed by atoms with van der Waals surface area (Å²) in [6.07, 6.45) is 0.440. The second-order valence-electron chi connectivity index (χ2n) is 4.25. The molecule has 0 aromatic heterocycles. The average Bonchev–Trinajstić information content (AvgIpc) is 2.37. The zero-order chi connectivity index (χ0) is 14.0. The van der Waals surface area contributed by atoms with Gasteiger partial charge in [-0.3, -0.25) is 19.7 Å². The van der Waals surface area contributed by atoms with E-state index < -0.39 is 23.8 Å². The first-order chi connectivity index (χ1) is 9.04. The highest BCUT2D eigenvalue weighted by Crippen LogP contribution is 2.20. The van der Waals surface area contributed by atoms with Crippen molar-refractivity contribution in [2.45, 2.75) is 19.4 Å². The van der Waals surface area contributed by atoms with E-state index in [4.69, 9.17) is 11.6 Å². The second-order valence-corrected chi connectivity index (χ2v) is 4.66. The Hall–Kier alpha value is -1.88. The molecule has 1 aromatic carbocycles. The lowest BCUT2D eigenvalue weighted by Gasteiger charge is -2.33. The quantitative estimate of drug-likeness (QED) is 0.828. The Labute approximate surface area is 115 Å². The zero-order valence-corrected chi connectivity index (χ0v) is 11.1. The summed E-state index contributed by atoms with van der Waals surface area (Å²) in [5.41, 5.74) is 0.296. The average molecular weight is 281 g/mol. The molecule has 0 saturated carbocycles. The Kier molecular flexibility index (Phi) is 3.85. The molecule has 1 atom stereocenters. The van der Waals surface area contributed by atoms with Crippen molar-refractivity contribution in [3.63, 3.8) is 0 Å². The van der Waals surface area contributed by atoms with Gasteiger partial charge in [-0.15, -0.1) is 0 Å². The van der Waals surface area contributed by atoms with Crippen LogP contribution >= 0.6 is 11.6 Å². The van der Waals surface area contributed by atoms with Crippen molar-refractivity contribution in [2.24, 2.45) is 0 Å². The van der Waals surface area contributed by atoms with Gasteiger partial charge >= 0.3 is 0 Å². The van der Waals surface area contributed by atoms with Crippen molar-refractivity contribution in [2.75, 3.05) is 6.54 Å². The van der Waals surface area contributed by atoms with Crippen LogP contribution in [0.2, 0.25) is 5.02 Å². The van der Waals surface area contributed by atoms with Gasteiger partial charge in [-0.1, -0.05) is 30.7 Å². The molecule has 1 fully saturated rings. The van der Waals surface area contributed by atoms with Crippen LogP contribution in [0.25, 0.3) is 0 Å². The predicted octanol–water partition coefficient (Wildman–Crippen LogP) is 1.22. The molecule has 1 aliphatic rings. The van der Waals surface area contributed by atoms with Crippen LogP contribution in [0, 0.1) is 0 Å². The SMILES string of the molecule is CCC1C(=O)NC(=O)CN1C(=O)c1ccccc1Cl. The molecule has 0 bridgehead atoms. The van der Waals surface area contributed by atoms with Crippen LogP contribution in [0.1, 0.15) is 23.7 Å². The van der Waals surface area contributed by atoms with Crippen LogP contribution in [-0.4, -0.2) is 35.2 Å². The van der Waals surface area contributed by atoms with Crippen LogP contribution in [-0.2, 0) is 9.59 Å². The van der Waals surface area contributed by atoms with Crippen LogP contribution in [0.15, 0.2) is 24.3 Å². The number of nitrogens with one attached hydrogen (secondary N) is 1. The number of rotatable bonds is 2. The number of carbonyl (C=O) groups excluding carboxylic acids is 3. The van der Waals surface area contributed by atoms with E-state index in [1.807, 2.05) is 0 Å². The van der Waals surface area contributed by atoms with Crippen molar-refractivity contribution in [1.29, 1.82) is 0 Å². The van der Waals surface area contributed by atoms with Gasteiger partial charge in [-0.2, -0.15) is 0 Å². The number of amides is 3. The Morgan fingerprint density at radius 1 is 1.42 bits per heavy atom. The minimum Gasteiger partial charge on any atom is -0.317 e. The van der Waals surface area contributed by atoms with Gasteiger partial charge in [-0.25, -0.2) is 0 Å². The van der Waals surface area contributed by atoms with Crippen molar-refractivity contribution < 1.29 is 14.4 Å². The van der Waals surface area contributed by atoms with Gasteiger partial charge in [0.2, 0.25) is 11.8 Å². The van der Waals surface area contributed by atoms with E-state index in [1.165, 1.54) is 4.90 Å². The number of carbonyl (C=O) groups is 3. The molecule has 3 amide bonds. The Morgan fingerprint density at radius 2 is 2.11 bits per heavy atom. The summed E-state index contributed by atoms with van der Waals surface area (Å²) in [5, 5.41) is 2.53. The van der Waals surface area contributed by atoms with Crippen LogP contribution in [0.3, 0.4) is 0 Å². The molecule has 19 heavy (non-hydrogen) atoms. The molecule has 100 valence electrons. The molecule has 1 aromatic rings. The van der Waals surface area contributed by atoms with Crippen LogP contribution in [0.5, 0.6) is 0 Å². The summed E-state index contributed by atoms with van der Waals surface area (Å²) >= 11 is 5.97. The van der Waals surface area contributed by atoms with E-state index in [-0.39, 0.29) is 6.54 Å². The van der Waals surface area contributed by atoms with E-state index in [0.717, 1.165) is 0 Å². The third-order valence-electron chi connectivity index (χ3n) is 3.01. The molecule has 0 spiro atoms. The fourth-order valence-corrected chi connectivity index (χ4v) is 2.29. The third-order valence-corrected chi connectivity index (χ3v) is 3.34. The predicted molar refractivity (Wildman–Crippen MR) is 69.7 cm³/mol. The maximum absolute atomic E-state index is 12.4. The third kappa shape index (κ3) is 2.61. The number of hydrogen-bond donors (Lipinski definition) is 1. The largest absolute Gasteiger partial charge is 0.317 e. The highest BCUT2D eigenvalue weighted by atomic mass is 35.5. The second kappa shape index (κ2) is 5.40. The van der Waals surface area contributed by atoms with Crippen LogP contribution < -0.4 is 5.32 Å². The van der Waals surface area contributed by atoms with E-state index >= 15 is 0 Å². The number of benzene rings is 1. The minimum atomic E-state index is -0.638. The summed E-state index contributed by atoms with van der Waals surface area (Å²) in [5.74, 6) is -1.32. The molecule has 6 heteroatoms. The molecule has 1 heterocycles. The molecular formula is C13H13ClN2O3. The van der Waals surface area contributed by atoms with E-state index in [0.29, 0.717) is 17.0 Å². The van der Waals surface area contributed by atoms with Gasteiger partial charge in [-0.05, 0) is 18.6 Å². The molecule has 5 nitrogen and oxygen atoms in total. The van der Waals surface area contributed by atoms with Gasteiger partial charge < -0.3 is 4.90 Å². The number of piperazine rings is 1. The van der Waals surface area contributed by atoms with Gasteiger partial charge in [0.05, 0.1) is 10.6 Å². The fourth-order valence-electron chi connectivity index (χ4n) is 2.08. The number of halogens is 1. The van der Waals surface area contributed by atoms with E-state index in [1.54, 1.807) is 31.2 Å². The number of imide groups is 1. The molecular weight excluding hydrogens is 268 g/mol. The summed E-state index contributed by atoms with van der Waals surface area (Å²) in [6.45, 7) is 1.65. The summed E-state index contributed by atoms with van der Waals surface area (Å²) in [6, 6.07) is 5.94. The van der Waals surface area contributed by atoms with Gasteiger partial charge in [0.15, 0.2) is 0 Å². The Morgan fingerprint density at radius 3 is 2.74 bits per heavy atom. The number of nitrogens with zero attached hydrogens (tertiary/aromatic N) is 1. The minimum absolute atomic E-state index is 0.131. The monoisotopic (exact) mass is 280 g/mol. The van der Waals surface area contributed by atoms with Crippen molar-refractivity contribution >= 4 is 29.3 Å². The summed E-state index contributed by atoms with van der Waals surface area (Å²) in [4.78, 5) is 36.8. The first kappa shape index (κ1) is 13.5. The lowest BCUT2D eigenvalue weighted by molar-refractivity contribution is -0.138. The topological polar surface area (TPSA) is 66.5 Å². The van der Waals surface area contributed by atoms with Crippen molar-refractivity contribution in [1.82, 2.24) is 10.2 Å². The first-order valence-corrected chi connectivity index (χ1v) is 6.31. The fraction of sp³-hybridized carbons (Fsp3) is 0.308. The maximum Gasteiger partial charge on any atom is 0.256 e. The van der Waals surface area contributed by atoms with E-state index in [2.05, 4.69) is 5.32 Å². The molecule has 1 aliphatic heterocycles. The smallest absolute Gasteiger partial charge is 0.256 e. The van der Waals surface area contributed by atoms with Gasteiger partial charge in [0.1, 0.15) is 12.6 Å². The summed E-state index contributed by atoms with van der Waals surface area (Å²) in [7, 11) is 0. The lowest BCUT2D eigenvalue weighted by atomic mass is 10.1. The standard InChI is InChI=1S/C13H13ClN2O3/c1-2-10-12(18)15-11(17)7-16(10)13(19)8-5-3-4-6-9(8)14/h3-6,10H,2,7H2,1H3,(H,15,17,18). The molecule has 0 aliphatic carbocycles. The van der Waals surface area contributed by atoms with E-state index in [9.17, 15) is 14.4 Å². The Balaban J connectivity index is 2.33. The Bertz CT molecular complexity index is 544. The van der Waals surface area contributed by atoms with Crippen LogP contribution in [0.4, 0.5) is 0 Å². The first-order valence-electron chi connectivity index (χ1n) is 5.93. The normalized spacial score (nSPS) is 19.3. The zero-order valence-electron chi connectivity index (χ0n) is 10.4. The van der Waals surface area contributed by atoms with Crippen molar-refractivity contribution in [3.8, 4) is 0 Å².